The molecule has 2 atom stereocenters. The molecule has 28 heavy (non-hydrogen) atoms. The molecule has 2 unspecified atom stereocenters. The van der Waals surface area contributed by atoms with Gasteiger partial charge in [-0.15, -0.1) is 0 Å². The fraction of sp³-hybridized carbons (Fsp3) is 0.421. The molecule has 1 aromatic heterocycles. The molecule has 0 aliphatic rings. The second-order valence-corrected chi connectivity index (χ2v) is 6.42. The molecule has 1 aromatic carbocycles. The zero-order chi connectivity index (χ0) is 20.5. The number of nitrogens with zero attached hydrogens (tertiary/aromatic N) is 1. The average Bonchev–Trinajstić information content (AvgIpc) is 3.18. The third-order valence-corrected chi connectivity index (χ3v) is 4.43. The van der Waals surface area contributed by atoms with Gasteiger partial charge < -0.3 is 25.9 Å². The number of nitrogens with one attached hydrogen (secondary N) is 3. The fourth-order valence-corrected chi connectivity index (χ4v) is 2.78. The van der Waals surface area contributed by atoms with Gasteiger partial charge in [0.2, 0.25) is 6.41 Å². The van der Waals surface area contributed by atoms with Gasteiger partial charge in [0.05, 0.1) is 36.8 Å². The van der Waals surface area contributed by atoms with Crippen molar-refractivity contribution in [3.63, 3.8) is 0 Å². The van der Waals surface area contributed by atoms with E-state index in [-0.39, 0.29) is 12.1 Å². The number of nitrogens with two attached hydrogens (primary N) is 1. The Bertz CT molecular complexity index is 792. The predicted octanol–water partition coefficient (Wildman–Crippen LogP) is 2.76. The van der Waals surface area contributed by atoms with Crippen LogP contribution in [-0.4, -0.2) is 40.8 Å². The molecule has 0 saturated carbocycles. The van der Waals surface area contributed by atoms with Gasteiger partial charge in [-0.1, -0.05) is 6.92 Å². The molecular weight excluding hydrogens is 362 g/mol. The largest absolute Gasteiger partial charge is 0.453 e. The van der Waals surface area contributed by atoms with Crippen LogP contribution in [0.5, 0.6) is 0 Å². The Hall–Kier alpha value is -2.91. The molecule has 2 amide bonds. The topological polar surface area (TPSA) is 142 Å². The van der Waals surface area contributed by atoms with E-state index in [4.69, 9.17) is 5.73 Å². The number of imidazole rings is 1. The SMILES string of the molecule is CCC(O)CCCC(N)c1ncc(-c2ccc(NC(=O)OC)cc2NC=O)[nH]1. The summed E-state index contributed by atoms with van der Waals surface area (Å²) in [5.41, 5.74) is 8.56. The van der Waals surface area contributed by atoms with Crippen molar-refractivity contribution >= 4 is 23.9 Å². The molecule has 0 aliphatic heterocycles. The quantitative estimate of drug-likeness (QED) is 0.395. The summed E-state index contributed by atoms with van der Waals surface area (Å²) in [6.07, 6.45) is 4.25. The standard InChI is InChI=1S/C19H27N5O4/c1-3-13(26)5-4-6-15(20)18-21-10-17(24-18)14-8-7-12(23-19(27)28-2)9-16(14)22-11-25/h7-11,13,15,26H,3-6,20H2,1-2H3,(H,21,24)(H,22,25)(H,23,27). The van der Waals surface area contributed by atoms with Crippen molar-refractivity contribution in [2.45, 2.75) is 44.8 Å². The zero-order valence-corrected chi connectivity index (χ0v) is 16.1. The molecule has 6 N–H and O–H groups in total. The Morgan fingerprint density at radius 3 is 2.89 bits per heavy atom. The lowest BCUT2D eigenvalue weighted by molar-refractivity contribution is -0.105. The lowest BCUT2D eigenvalue weighted by atomic mass is 10.1. The van der Waals surface area contributed by atoms with Crippen LogP contribution in [0.1, 0.15) is 44.5 Å². The Balaban J connectivity index is 2.14. The summed E-state index contributed by atoms with van der Waals surface area (Å²) < 4.78 is 4.57. The van der Waals surface area contributed by atoms with E-state index in [1.165, 1.54) is 7.11 Å². The van der Waals surface area contributed by atoms with Crippen molar-refractivity contribution < 1.29 is 19.4 Å². The van der Waals surface area contributed by atoms with E-state index in [1.54, 1.807) is 24.4 Å². The number of aromatic amines is 1. The van der Waals surface area contributed by atoms with Crippen molar-refractivity contribution in [2.75, 3.05) is 17.7 Å². The lowest BCUT2D eigenvalue weighted by Gasteiger charge is -2.12. The van der Waals surface area contributed by atoms with Gasteiger partial charge in [0, 0.05) is 11.3 Å². The molecule has 2 aromatic rings. The number of rotatable bonds is 10. The van der Waals surface area contributed by atoms with Crippen LogP contribution in [0, 0.1) is 0 Å². The number of hydrogen-bond donors (Lipinski definition) is 5. The van der Waals surface area contributed by atoms with Crippen molar-refractivity contribution in [3.8, 4) is 11.3 Å². The number of methoxy groups -OCH3 is 1. The summed E-state index contributed by atoms with van der Waals surface area (Å²) in [4.78, 5) is 29.9. The van der Waals surface area contributed by atoms with Crippen LogP contribution in [0.15, 0.2) is 24.4 Å². The van der Waals surface area contributed by atoms with E-state index >= 15 is 0 Å². The number of aromatic nitrogens is 2. The summed E-state index contributed by atoms with van der Waals surface area (Å²) in [6.45, 7) is 1.94. The van der Waals surface area contributed by atoms with Crippen LogP contribution in [0.2, 0.25) is 0 Å². The first-order valence-electron chi connectivity index (χ1n) is 9.16. The molecule has 9 nitrogen and oxygen atoms in total. The summed E-state index contributed by atoms with van der Waals surface area (Å²) in [6, 6.07) is 4.78. The van der Waals surface area contributed by atoms with Crippen LogP contribution in [0.25, 0.3) is 11.3 Å². The Morgan fingerprint density at radius 1 is 1.43 bits per heavy atom. The molecule has 0 saturated heterocycles. The smallest absolute Gasteiger partial charge is 0.411 e. The number of carbonyl (C=O) groups is 2. The van der Waals surface area contributed by atoms with E-state index in [9.17, 15) is 14.7 Å². The maximum absolute atomic E-state index is 11.4. The van der Waals surface area contributed by atoms with Crippen molar-refractivity contribution in [1.29, 1.82) is 0 Å². The highest BCUT2D eigenvalue weighted by molar-refractivity contribution is 5.90. The van der Waals surface area contributed by atoms with E-state index in [0.29, 0.717) is 47.7 Å². The number of carbonyl (C=O) groups excluding carboxylic acids is 2. The Labute approximate surface area is 163 Å². The number of aliphatic hydroxyl groups excluding tert-OH is 1. The first-order chi connectivity index (χ1) is 13.5. The van der Waals surface area contributed by atoms with Gasteiger partial charge >= 0.3 is 6.09 Å². The Morgan fingerprint density at radius 2 is 2.21 bits per heavy atom. The molecular formula is C19H27N5O4. The molecule has 9 heteroatoms. The molecule has 152 valence electrons. The van der Waals surface area contributed by atoms with Gasteiger partial charge in [-0.2, -0.15) is 0 Å². The van der Waals surface area contributed by atoms with Gasteiger partial charge in [-0.3, -0.25) is 10.1 Å². The van der Waals surface area contributed by atoms with Crippen LogP contribution in [0.3, 0.4) is 0 Å². The molecule has 0 bridgehead atoms. The highest BCUT2D eigenvalue weighted by Crippen LogP contribution is 2.30. The number of benzene rings is 1. The van der Waals surface area contributed by atoms with Crippen molar-refractivity contribution in [2.24, 2.45) is 5.73 Å². The second-order valence-electron chi connectivity index (χ2n) is 6.42. The summed E-state index contributed by atoms with van der Waals surface area (Å²) >= 11 is 0. The van der Waals surface area contributed by atoms with E-state index < -0.39 is 6.09 Å². The molecule has 0 radical (unpaired) electrons. The normalized spacial score (nSPS) is 12.9. The third-order valence-electron chi connectivity index (χ3n) is 4.43. The molecule has 2 rings (SSSR count). The first-order valence-corrected chi connectivity index (χ1v) is 9.16. The monoisotopic (exact) mass is 389 g/mol. The van der Waals surface area contributed by atoms with Gasteiger partial charge in [-0.25, -0.2) is 9.78 Å². The average molecular weight is 389 g/mol. The van der Waals surface area contributed by atoms with Crippen molar-refractivity contribution in [3.05, 3.63) is 30.2 Å². The molecule has 0 fully saturated rings. The minimum Gasteiger partial charge on any atom is -0.453 e. The second kappa shape index (κ2) is 10.4. The van der Waals surface area contributed by atoms with Gasteiger partial charge in [0.25, 0.3) is 0 Å². The minimum absolute atomic E-state index is 0.277. The van der Waals surface area contributed by atoms with E-state index in [0.717, 1.165) is 12.8 Å². The molecule has 0 spiro atoms. The van der Waals surface area contributed by atoms with Crippen LogP contribution >= 0.6 is 0 Å². The van der Waals surface area contributed by atoms with Gasteiger partial charge in [-0.05, 0) is 43.9 Å². The summed E-state index contributed by atoms with van der Waals surface area (Å²) in [7, 11) is 1.27. The number of H-pyrrole nitrogens is 1. The highest BCUT2D eigenvalue weighted by Gasteiger charge is 2.14. The number of hydrogen-bond acceptors (Lipinski definition) is 6. The number of amides is 2. The number of aliphatic hydroxyl groups is 1. The fourth-order valence-electron chi connectivity index (χ4n) is 2.78. The van der Waals surface area contributed by atoms with Crippen molar-refractivity contribution in [1.82, 2.24) is 9.97 Å². The Kier molecular flexibility index (Phi) is 7.97. The van der Waals surface area contributed by atoms with Gasteiger partial charge in [0.15, 0.2) is 0 Å². The van der Waals surface area contributed by atoms with E-state index in [1.807, 2.05) is 6.92 Å². The minimum atomic E-state index is -0.604. The maximum Gasteiger partial charge on any atom is 0.411 e. The number of anilines is 2. The van der Waals surface area contributed by atoms with Crippen LogP contribution in [-0.2, 0) is 9.53 Å². The maximum atomic E-state index is 11.4. The van der Waals surface area contributed by atoms with E-state index in [2.05, 4.69) is 25.3 Å². The summed E-state index contributed by atoms with van der Waals surface area (Å²) in [5, 5.41) is 14.8. The number of ether oxygens (including phenoxy) is 1. The highest BCUT2D eigenvalue weighted by atomic mass is 16.5. The molecule has 0 aliphatic carbocycles. The molecule has 1 heterocycles. The summed E-state index contributed by atoms with van der Waals surface area (Å²) in [5.74, 6) is 0.634. The predicted molar refractivity (Wildman–Crippen MR) is 107 cm³/mol. The van der Waals surface area contributed by atoms with Crippen LogP contribution < -0.4 is 16.4 Å². The third kappa shape index (κ3) is 5.80. The lowest BCUT2D eigenvalue weighted by Crippen LogP contribution is -2.13. The van der Waals surface area contributed by atoms with Crippen LogP contribution in [0.4, 0.5) is 16.2 Å². The first kappa shape index (κ1) is 21.4. The zero-order valence-electron chi connectivity index (χ0n) is 16.1. The van der Waals surface area contributed by atoms with Gasteiger partial charge in [0.1, 0.15) is 5.82 Å².